The summed E-state index contributed by atoms with van der Waals surface area (Å²) < 4.78 is 5.70. The smallest absolute Gasteiger partial charge is 0.0702 e. The van der Waals surface area contributed by atoms with Crippen molar-refractivity contribution in [2.75, 3.05) is 26.2 Å². The fourth-order valence-electron chi connectivity index (χ4n) is 2.48. The molecular formula is C13H28N2O. The van der Waals surface area contributed by atoms with E-state index in [1.54, 1.807) is 0 Å². The molecule has 16 heavy (non-hydrogen) atoms. The highest BCUT2D eigenvalue weighted by Gasteiger charge is 2.22. The van der Waals surface area contributed by atoms with Crippen LogP contribution in [0.3, 0.4) is 0 Å². The van der Waals surface area contributed by atoms with Crippen molar-refractivity contribution < 1.29 is 4.74 Å². The van der Waals surface area contributed by atoms with Gasteiger partial charge in [-0.25, -0.2) is 0 Å². The van der Waals surface area contributed by atoms with Crippen LogP contribution in [0, 0.1) is 0 Å². The standard InChI is InChI=1S/C13H28N2O/c1-3-5-7-12(10-14)15(4-2)11-13-8-6-9-16-13/h12-13H,3-11,14H2,1-2H3. The average molecular weight is 228 g/mol. The SMILES string of the molecule is CCCCC(CN)N(CC)CC1CCCO1. The van der Waals surface area contributed by atoms with Gasteiger partial charge in [0.1, 0.15) is 0 Å². The largest absolute Gasteiger partial charge is 0.377 e. The van der Waals surface area contributed by atoms with E-state index in [0.29, 0.717) is 12.1 Å². The molecule has 0 aliphatic carbocycles. The van der Waals surface area contributed by atoms with Crippen LogP contribution in [-0.4, -0.2) is 43.3 Å². The summed E-state index contributed by atoms with van der Waals surface area (Å²) in [5.41, 5.74) is 5.88. The highest BCUT2D eigenvalue weighted by Crippen LogP contribution is 2.16. The first-order valence-corrected chi connectivity index (χ1v) is 6.87. The number of nitrogens with two attached hydrogens (primary N) is 1. The summed E-state index contributed by atoms with van der Waals surface area (Å²) in [4.78, 5) is 2.51. The lowest BCUT2D eigenvalue weighted by Gasteiger charge is -2.31. The number of nitrogens with zero attached hydrogens (tertiary/aromatic N) is 1. The summed E-state index contributed by atoms with van der Waals surface area (Å²) >= 11 is 0. The van der Waals surface area contributed by atoms with Crippen molar-refractivity contribution in [1.82, 2.24) is 4.90 Å². The van der Waals surface area contributed by atoms with E-state index in [1.165, 1.54) is 32.1 Å². The van der Waals surface area contributed by atoms with E-state index in [0.717, 1.165) is 26.2 Å². The Hall–Kier alpha value is -0.120. The number of ether oxygens (including phenoxy) is 1. The van der Waals surface area contributed by atoms with Gasteiger partial charge in [-0.15, -0.1) is 0 Å². The van der Waals surface area contributed by atoms with Gasteiger partial charge in [-0.2, -0.15) is 0 Å². The maximum absolute atomic E-state index is 5.88. The molecule has 1 fully saturated rings. The van der Waals surface area contributed by atoms with E-state index >= 15 is 0 Å². The zero-order valence-corrected chi connectivity index (χ0v) is 11.0. The molecule has 3 heteroatoms. The molecule has 0 spiro atoms. The van der Waals surface area contributed by atoms with Gasteiger partial charge in [-0.1, -0.05) is 26.7 Å². The van der Waals surface area contributed by atoms with Crippen molar-refractivity contribution in [1.29, 1.82) is 0 Å². The molecule has 1 saturated heterocycles. The first-order chi connectivity index (χ1) is 7.81. The summed E-state index contributed by atoms with van der Waals surface area (Å²) in [6.45, 7) is 8.35. The van der Waals surface area contributed by atoms with Gasteiger partial charge >= 0.3 is 0 Å². The molecule has 0 amide bonds. The highest BCUT2D eigenvalue weighted by molar-refractivity contribution is 4.77. The second-order valence-corrected chi connectivity index (χ2v) is 4.75. The normalized spacial score (nSPS) is 22.9. The Labute approximate surface area is 100 Å². The van der Waals surface area contributed by atoms with Crippen molar-refractivity contribution in [3.63, 3.8) is 0 Å². The van der Waals surface area contributed by atoms with Gasteiger partial charge in [0.05, 0.1) is 6.10 Å². The number of likely N-dealkylation sites (N-methyl/N-ethyl adjacent to an activating group) is 1. The molecule has 0 saturated carbocycles. The lowest BCUT2D eigenvalue weighted by atomic mass is 10.1. The lowest BCUT2D eigenvalue weighted by molar-refractivity contribution is 0.0583. The molecule has 1 aliphatic heterocycles. The van der Waals surface area contributed by atoms with E-state index in [2.05, 4.69) is 18.7 Å². The van der Waals surface area contributed by atoms with Crippen LogP contribution in [-0.2, 0) is 4.74 Å². The summed E-state index contributed by atoms with van der Waals surface area (Å²) in [5, 5.41) is 0. The van der Waals surface area contributed by atoms with Crippen LogP contribution < -0.4 is 5.73 Å². The van der Waals surface area contributed by atoms with Crippen LogP contribution in [0.2, 0.25) is 0 Å². The molecule has 2 atom stereocenters. The van der Waals surface area contributed by atoms with Crippen LogP contribution in [0.15, 0.2) is 0 Å². The van der Waals surface area contributed by atoms with E-state index in [9.17, 15) is 0 Å². The Morgan fingerprint density at radius 3 is 2.75 bits per heavy atom. The fraction of sp³-hybridized carbons (Fsp3) is 1.00. The second kappa shape index (κ2) is 8.04. The third-order valence-corrected chi connectivity index (χ3v) is 3.55. The fourth-order valence-corrected chi connectivity index (χ4v) is 2.48. The molecule has 1 aliphatic rings. The first-order valence-electron chi connectivity index (χ1n) is 6.87. The number of rotatable bonds is 8. The minimum absolute atomic E-state index is 0.454. The number of hydrogen-bond donors (Lipinski definition) is 1. The quantitative estimate of drug-likeness (QED) is 0.690. The Morgan fingerprint density at radius 2 is 2.25 bits per heavy atom. The van der Waals surface area contributed by atoms with Crippen LogP contribution in [0.25, 0.3) is 0 Å². The van der Waals surface area contributed by atoms with Crippen molar-refractivity contribution in [3.8, 4) is 0 Å². The third-order valence-electron chi connectivity index (χ3n) is 3.55. The van der Waals surface area contributed by atoms with Crippen molar-refractivity contribution in [2.45, 2.75) is 58.1 Å². The molecule has 3 nitrogen and oxygen atoms in total. The minimum Gasteiger partial charge on any atom is -0.377 e. The molecule has 1 rings (SSSR count). The third kappa shape index (κ3) is 4.40. The number of hydrogen-bond acceptors (Lipinski definition) is 3. The van der Waals surface area contributed by atoms with Crippen LogP contribution in [0.4, 0.5) is 0 Å². The van der Waals surface area contributed by atoms with E-state index < -0.39 is 0 Å². The molecular weight excluding hydrogens is 200 g/mol. The topological polar surface area (TPSA) is 38.5 Å². The van der Waals surface area contributed by atoms with Crippen molar-refractivity contribution in [3.05, 3.63) is 0 Å². The van der Waals surface area contributed by atoms with Gasteiger partial charge in [-0.05, 0) is 25.8 Å². The predicted molar refractivity (Wildman–Crippen MR) is 68.6 cm³/mol. The molecule has 0 aromatic carbocycles. The lowest BCUT2D eigenvalue weighted by Crippen LogP contribution is -2.44. The molecule has 0 bridgehead atoms. The summed E-state index contributed by atoms with van der Waals surface area (Å²) in [6, 6.07) is 0.550. The van der Waals surface area contributed by atoms with Crippen LogP contribution >= 0.6 is 0 Å². The first kappa shape index (κ1) is 13.9. The van der Waals surface area contributed by atoms with Gasteiger partial charge in [0.15, 0.2) is 0 Å². The summed E-state index contributed by atoms with van der Waals surface area (Å²) in [6.07, 6.45) is 6.67. The van der Waals surface area contributed by atoms with Gasteiger partial charge in [0.25, 0.3) is 0 Å². The van der Waals surface area contributed by atoms with Crippen LogP contribution in [0.5, 0.6) is 0 Å². The summed E-state index contributed by atoms with van der Waals surface area (Å²) in [7, 11) is 0. The molecule has 96 valence electrons. The van der Waals surface area contributed by atoms with Crippen molar-refractivity contribution >= 4 is 0 Å². The second-order valence-electron chi connectivity index (χ2n) is 4.75. The molecule has 0 aromatic heterocycles. The molecule has 1 heterocycles. The molecule has 0 aromatic rings. The van der Waals surface area contributed by atoms with E-state index in [4.69, 9.17) is 10.5 Å². The Bertz CT molecular complexity index is 169. The highest BCUT2D eigenvalue weighted by atomic mass is 16.5. The average Bonchev–Trinajstić information content (AvgIpc) is 2.81. The molecule has 2 N–H and O–H groups in total. The Morgan fingerprint density at radius 1 is 1.44 bits per heavy atom. The van der Waals surface area contributed by atoms with E-state index in [-0.39, 0.29) is 0 Å². The predicted octanol–water partition coefficient (Wildman–Crippen LogP) is 2.00. The molecule has 0 radical (unpaired) electrons. The van der Waals surface area contributed by atoms with Gasteiger partial charge < -0.3 is 10.5 Å². The maximum Gasteiger partial charge on any atom is 0.0702 e. The van der Waals surface area contributed by atoms with Gasteiger partial charge in [0, 0.05) is 25.7 Å². The Kier molecular flexibility index (Phi) is 7.01. The van der Waals surface area contributed by atoms with E-state index in [1.807, 2.05) is 0 Å². The monoisotopic (exact) mass is 228 g/mol. The maximum atomic E-state index is 5.88. The van der Waals surface area contributed by atoms with Crippen LogP contribution in [0.1, 0.15) is 46.0 Å². The zero-order valence-electron chi connectivity index (χ0n) is 11.0. The number of unbranched alkanes of at least 4 members (excludes halogenated alkanes) is 1. The van der Waals surface area contributed by atoms with Crippen molar-refractivity contribution in [2.24, 2.45) is 5.73 Å². The minimum atomic E-state index is 0.454. The summed E-state index contributed by atoms with van der Waals surface area (Å²) in [5.74, 6) is 0. The molecule has 2 unspecified atom stereocenters. The zero-order chi connectivity index (χ0) is 11.8. The van der Waals surface area contributed by atoms with Gasteiger partial charge in [-0.3, -0.25) is 4.90 Å². The van der Waals surface area contributed by atoms with Gasteiger partial charge in [0.2, 0.25) is 0 Å². The Balaban J connectivity index is 2.35.